The predicted molar refractivity (Wildman–Crippen MR) is 117 cm³/mol. The summed E-state index contributed by atoms with van der Waals surface area (Å²) in [4.78, 5) is 20.9. The molecule has 0 aromatic carbocycles. The molecule has 4 aliphatic rings. The smallest absolute Gasteiger partial charge is 0.370 e. The first kappa shape index (κ1) is 21.7. The van der Waals surface area contributed by atoms with Gasteiger partial charge in [-0.1, -0.05) is 0 Å². The maximum Gasteiger partial charge on any atom is 0.394 e. The van der Waals surface area contributed by atoms with Crippen LogP contribution in [0.5, 0.6) is 0 Å². The van der Waals surface area contributed by atoms with Crippen molar-refractivity contribution in [1.82, 2.24) is 29.7 Å². The number of fused-ring (bicyclic) bond motifs is 2. The van der Waals surface area contributed by atoms with Crippen LogP contribution in [0.4, 0.5) is 19.1 Å². The van der Waals surface area contributed by atoms with Gasteiger partial charge in [0.15, 0.2) is 5.65 Å². The van der Waals surface area contributed by atoms with E-state index in [0.717, 1.165) is 17.0 Å². The largest absolute Gasteiger partial charge is 0.394 e. The minimum absolute atomic E-state index is 0.0381. The summed E-state index contributed by atoms with van der Waals surface area (Å²) in [6, 6.07) is 0. The van der Waals surface area contributed by atoms with Crippen LogP contribution in [-0.4, -0.2) is 55.6 Å². The minimum Gasteiger partial charge on any atom is -0.370 e. The predicted octanol–water partition coefficient (Wildman–Crippen LogP) is 3.79. The van der Waals surface area contributed by atoms with Gasteiger partial charge in [0.2, 0.25) is 5.95 Å². The van der Waals surface area contributed by atoms with Crippen molar-refractivity contribution in [3.63, 3.8) is 0 Å². The number of aryl methyl sites for hydroxylation is 3. The fourth-order valence-electron chi connectivity index (χ4n) is 5.81. The molecule has 180 valence electrons. The number of rotatable bonds is 3. The SMILES string of the molecule is Cc1nc2nc(N3CCOC(c4cnn(C)c4)C3)nc([C@@H]3CC4(C(F)(F)F)CC3C4)c2nc1C. The first-order valence-electron chi connectivity index (χ1n) is 11.6. The van der Waals surface area contributed by atoms with Gasteiger partial charge in [-0.15, -0.1) is 0 Å². The van der Waals surface area contributed by atoms with E-state index in [0.29, 0.717) is 42.5 Å². The Bertz CT molecular complexity index is 1270. The number of halogens is 3. The monoisotopic (exact) mass is 473 g/mol. The minimum atomic E-state index is -4.19. The van der Waals surface area contributed by atoms with Gasteiger partial charge in [-0.05, 0) is 39.0 Å². The number of morpholine rings is 1. The highest BCUT2D eigenvalue weighted by atomic mass is 19.4. The topological polar surface area (TPSA) is 81.9 Å². The highest BCUT2D eigenvalue weighted by Gasteiger charge is 2.69. The summed E-state index contributed by atoms with van der Waals surface area (Å²) in [6.07, 6.45) is -0.293. The number of alkyl halides is 3. The Hall–Kier alpha value is -2.82. The highest BCUT2D eigenvalue weighted by molar-refractivity contribution is 5.75. The van der Waals surface area contributed by atoms with Crippen molar-refractivity contribution >= 4 is 17.1 Å². The van der Waals surface area contributed by atoms with E-state index in [4.69, 9.17) is 14.7 Å². The van der Waals surface area contributed by atoms with E-state index in [1.807, 2.05) is 32.0 Å². The van der Waals surface area contributed by atoms with Gasteiger partial charge in [0.1, 0.15) is 11.6 Å². The van der Waals surface area contributed by atoms with Crippen LogP contribution in [0.2, 0.25) is 0 Å². The highest BCUT2D eigenvalue weighted by Crippen LogP contribution is 2.70. The Morgan fingerprint density at radius 2 is 1.82 bits per heavy atom. The van der Waals surface area contributed by atoms with Crippen LogP contribution in [0.3, 0.4) is 0 Å². The van der Waals surface area contributed by atoms with Crippen molar-refractivity contribution in [2.24, 2.45) is 18.4 Å². The molecule has 8 nitrogen and oxygen atoms in total. The van der Waals surface area contributed by atoms with Crippen LogP contribution in [0.1, 0.15) is 53.9 Å². The molecule has 3 aliphatic carbocycles. The van der Waals surface area contributed by atoms with E-state index >= 15 is 0 Å². The number of anilines is 1. The van der Waals surface area contributed by atoms with Crippen LogP contribution in [0.15, 0.2) is 12.4 Å². The number of hydrogen-bond acceptors (Lipinski definition) is 7. The molecule has 0 N–H and O–H groups in total. The van der Waals surface area contributed by atoms with Gasteiger partial charge in [0.05, 0.1) is 41.8 Å². The lowest BCUT2D eigenvalue weighted by Crippen LogP contribution is -2.42. The molecule has 3 aromatic heterocycles. The molecule has 2 bridgehead atoms. The first-order valence-corrected chi connectivity index (χ1v) is 11.6. The second kappa shape index (κ2) is 7.34. The third-order valence-electron chi connectivity index (χ3n) is 7.84. The summed E-state index contributed by atoms with van der Waals surface area (Å²) in [5, 5.41) is 4.23. The molecule has 0 spiro atoms. The Balaban J connectivity index is 1.40. The van der Waals surface area contributed by atoms with Gasteiger partial charge >= 0.3 is 6.18 Å². The van der Waals surface area contributed by atoms with Crippen molar-refractivity contribution < 1.29 is 17.9 Å². The maximum atomic E-state index is 13.8. The quantitative estimate of drug-likeness (QED) is 0.572. The van der Waals surface area contributed by atoms with Crippen molar-refractivity contribution in [2.45, 2.75) is 51.3 Å². The normalized spacial score (nSPS) is 29.0. The third kappa shape index (κ3) is 3.27. The summed E-state index contributed by atoms with van der Waals surface area (Å²) in [6.45, 7) is 5.31. The molecule has 11 heteroatoms. The first-order chi connectivity index (χ1) is 16.1. The molecule has 0 amide bonds. The molecule has 4 fully saturated rings. The average molecular weight is 474 g/mol. The van der Waals surface area contributed by atoms with Crippen molar-refractivity contribution in [2.75, 3.05) is 24.6 Å². The van der Waals surface area contributed by atoms with Crippen molar-refractivity contribution in [3.05, 3.63) is 35.0 Å². The summed E-state index contributed by atoms with van der Waals surface area (Å²) < 4.78 is 49.0. The molecule has 1 aliphatic heterocycles. The number of nitrogens with zero attached hydrogens (tertiary/aromatic N) is 7. The van der Waals surface area contributed by atoms with E-state index in [-0.39, 0.29) is 37.2 Å². The number of hydrogen-bond donors (Lipinski definition) is 0. The molecule has 2 atom stereocenters. The van der Waals surface area contributed by atoms with E-state index in [1.165, 1.54) is 0 Å². The van der Waals surface area contributed by atoms with Gasteiger partial charge in [-0.3, -0.25) is 4.68 Å². The number of ether oxygens (including phenoxy) is 1. The molecule has 4 heterocycles. The lowest BCUT2D eigenvalue weighted by atomic mass is 9.68. The third-order valence-corrected chi connectivity index (χ3v) is 7.84. The van der Waals surface area contributed by atoms with E-state index in [2.05, 4.69) is 15.1 Å². The summed E-state index contributed by atoms with van der Waals surface area (Å²) in [7, 11) is 1.85. The standard InChI is InChI=1S/C23H26F3N7O/c1-12-13(2)29-20-19(28-12)18(16-8-22(23(24,25)26)6-14(16)7-22)30-21(31-20)33-4-5-34-17(11-33)15-9-27-32(3)10-15/h9-10,14,16-17H,4-8,11H2,1-3H3/t14?,16-,17?,22?/m1/s1. The van der Waals surface area contributed by atoms with Gasteiger partial charge in [0.25, 0.3) is 0 Å². The zero-order valence-electron chi connectivity index (χ0n) is 19.3. The van der Waals surface area contributed by atoms with Crippen LogP contribution in [0, 0.1) is 25.2 Å². The average Bonchev–Trinajstić information content (AvgIpc) is 3.47. The zero-order valence-corrected chi connectivity index (χ0v) is 19.3. The van der Waals surface area contributed by atoms with Crippen molar-refractivity contribution in [1.29, 1.82) is 0 Å². The molecular weight excluding hydrogens is 447 g/mol. The van der Waals surface area contributed by atoms with E-state index in [9.17, 15) is 13.2 Å². The van der Waals surface area contributed by atoms with E-state index in [1.54, 1.807) is 10.9 Å². The summed E-state index contributed by atoms with van der Waals surface area (Å²) >= 11 is 0. The van der Waals surface area contributed by atoms with Gasteiger partial charge < -0.3 is 9.64 Å². The van der Waals surface area contributed by atoms with Crippen molar-refractivity contribution in [3.8, 4) is 0 Å². The Morgan fingerprint density at radius 3 is 2.50 bits per heavy atom. The van der Waals surface area contributed by atoms with Crippen LogP contribution in [-0.2, 0) is 11.8 Å². The molecule has 3 saturated carbocycles. The summed E-state index contributed by atoms with van der Waals surface area (Å²) in [5.74, 6) is 0.142. The molecule has 3 aromatic rings. The van der Waals surface area contributed by atoms with Gasteiger partial charge in [-0.2, -0.15) is 23.3 Å². The molecule has 1 unspecified atom stereocenters. The maximum absolute atomic E-state index is 13.8. The Morgan fingerprint density at radius 1 is 1.06 bits per heavy atom. The summed E-state index contributed by atoms with van der Waals surface area (Å²) in [5.41, 5.74) is 2.44. The Kier molecular flexibility index (Phi) is 4.68. The Labute approximate surface area is 194 Å². The van der Waals surface area contributed by atoms with E-state index < -0.39 is 11.6 Å². The zero-order chi connectivity index (χ0) is 23.8. The molecule has 0 radical (unpaired) electrons. The van der Waals surface area contributed by atoms with Crippen LogP contribution in [0.25, 0.3) is 11.2 Å². The second-order valence-corrected chi connectivity index (χ2v) is 9.99. The van der Waals surface area contributed by atoms with Gasteiger partial charge in [0, 0.05) is 31.3 Å². The molecular formula is C23H26F3N7O. The lowest BCUT2D eigenvalue weighted by Gasteiger charge is -2.39. The molecule has 1 saturated heterocycles. The second-order valence-electron chi connectivity index (χ2n) is 9.99. The fourth-order valence-corrected chi connectivity index (χ4v) is 5.81. The van der Waals surface area contributed by atoms with Crippen LogP contribution >= 0.6 is 0 Å². The molecule has 34 heavy (non-hydrogen) atoms. The fraction of sp³-hybridized carbons (Fsp3) is 0.609. The van der Waals surface area contributed by atoms with Gasteiger partial charge in [-0.25, -0.2) is 15.0 Å². The molecule has 7 rings (SSSR count). The lowest BCUT2D eigenvalue weighted by molar-refractivity contribution is -0.244. The van der Waals surface area contributed by atoms with Crippen LogP contribution < -0.4 is 4.90 Å². The number of aromatic nitrogens is 6.